The highest BCUT2D eigenvalue weighted by atomic mass is 16.5. The molecule has 0 aliphatic carbocycles. The first-order valence-electron chi connectivity index (χ1n) is 12.5. The van der Waals surface area contributed by atoms with Crippen LogP contribution in [0.25, 0.3) is 22.2 Å². The number of aryl methyl sites for hydroxylation is 1. The van der Waals surface area contributed by atoms with E-state index in [1.54, 1.807) is 6.20 Å². The van der Waals surface area contributed by atoms with Crippen molar-refractivity contribution < 1.29 is 9.53 Å². The fourth-order valence-electron chi connectivity index (χ4n) is 5.41. The first-order chi connectivity index (χ1) is 17.8. The Bertz CT molecular complexity index is 1380. The summed E-state index contributed by atoms with van der Waals surface area (Å²) in [6.07, 6.45) is 4.89. The number of nitriles is 1. The van der Waals surface area contributed by atoms with Crippen LogP contribution in [0.3, 0.4) is 0 Å². The second-order valence-corrected chi connectivity index (χ2v) is 10.3. The van der Waals surface area contributed by atoms with Gasteiger partial charge in [-0.25, -0.2) is 0 Å². The third-order valence-electron chi connectivity index (χ3n) is 7.31. The average molecular weight is 501 g/mol. The molecule has 1 spiro atoms. The zero-order valence-electron chi connectivity index (χ0n) is 21.6. The molecule has 0 saturated carbocycles. The van der Waals surface area contributed by atoms with Crippen molar-refractivity contribution in [1.82, 2.24) is 30.0 Å². The maximum atomic E-state index is 12.0. The number of hydrogen-bond acceptors (Lipinski definition) is 8. The van der Waals surface area contributed by atoms with Crippen LogP contribution in [0, 0.1) is 23.7 Å². The number of nitrogens with zero attached hydrogens (tertiary/aromatic N) is 7. The van der Waals surface area contributed by atoms with E-state index in [1.807, 2.05) is 38.1 Å². The van der Waals surface area contributed by atoms with Crippen molar-refractivity contribution in [3.05, 3.63) is 42.1 Å². The highest BCUT2D eigenvalue weighted by molar-refractivity contribution is 5.97. The number of carbonyl (C=O) groups is 1. The number of ether oxygens (including phenoxy) is 1. The van der Waals surface area contributed by atoms with Crippen molar-refractivity contribution in [3.8, 4) is 23.3 Å². The molecule has 10 nitrogen and oxygen atoms in total. The molecule has 0 bridgehead atoms. The Morgan fingerprint density at radius 1 is 1.32 bits per heavy atom. The number of aromatic nitrogens is 4. The second-order valence-electron chi connectivity index (χ2n) is 10.3. The fourth-order valence-corrected chi connectivity index (χ4v) is 5.41. The lowest BCUT2D eigenvalue weighted by Crippen LogP contribution is -2.59. The van der Waals surface area contributed by atoms with E-state index in [4.69, 9.17) is 14.7 Å². The number of H-pyrrole nitrogens is 1. The Labute approximate surface area is 216 Å². The Morgan fingerprint density at radius 3 is 2.86 bits per heavy atom. The number of nitrogens with one attached hydrogen (secondary N) is 1. The van der Waals surface area contributed by atoms with Crippen molar-refractivity contribution in [3.63, 3.8) is 0 Å². The highest BCUT2D eigenvalue weighted by Gasteiger charge is 2.49. The number of aromatic amines is 1. The van der Waals surface area contributed by atoms with Gasteiger partial charge in [-0.1, -0.05) is 12.6 Å². The van der Waals surface area contributed by atoms with Crippen LogP contribution in [0.15, 0.2) is 31.0 Å². The van der Waals surface area contributed by atoms with Crippen molar-refractivity contribution >= 4 is 22.6 Å². The van der Waals surface area contributed by atoms with Crippen LogP contribution in [0.1, 0.15) is 24.0 Å². The lowest BCUT2D eigenvalue weighted by molar-refractivity contribution is -0.136. The maximum Gasteiger partial charge on any atom is 0.319 e. The summed E-state index contributed by atoms with van der Waals surface area (Å²) in [7, 11) is 4.05. The molecule has 1 N–H and O–H groups in total. The minimum Gasteiger partial charge on any atom is -0.463 e. The zero-order valence-corrected chi connectivity index (χ0v) is 21.6. The van der Waals surface area contributed by atoms with Crippen molar-refractivity contribution in [1.29, 1.82) is 5.26 Å². The van der Waals surface area contributed by atoms with Crippen LogP contribution in [0.2, 0.25) is 0 Å². The van der Waals surface area contributed by atoms with Gasteiger partial charge in [0, 0.05) is 49.1 Å². The van der Waals surface area contributed by atoms with Gasteiger partial charge in [0.15, 0.2) is 5.82 Å². The molecule has 1 amide bonds. The Hall–Kier alpha value is -3.97. The van der Waals surface area contributed by atoms with Crippen molar-refractivity contribution in [2.24, 2.45) is 5.41 Å². The molecular weight excluding hydrogens is 468 g/mol. The summed E-state index contributed by atoms with van der Waals surface area (Å²) in [4.78, 5) is 27.6. The van der Waals surface area contributed by atoms with Crippen LogP contribution in [0.5, 0.6) is 6.01 Å². The number of likely N-dealkylation sites (tertiary alicyclic amines) is 1. The van der Waals surface area contributed by atoms with Gasteiger partial charge >= 0.3 is 6.01 Å². The molecule has 37 heavy (non-hydrogen) atoms. The number of hydrogen-bond donors (Lipinski definition) is 1. The minimum atomic E-state index is -0.0387. The average Bonchev–Trinajstić information content (AvgIpc) is 3.52. The Balaban J connectivity index is 1.53. The SMILES string of the molecule is C=CC(=O)N1CC2(CCN(c3nc(OCCCN(C)C)nc(-c4c(C)ccc5[nH]ncc45)c3C#N)C2)C1. The first-order valence-corrected chi connectivity index (χ1v) is 12.5. The quantitative estimate of drug-likeness (QED) is 0.371. The second kappa shape index (κ2) is 9.82. The van der Waals surface area contributed by atoms with Crippen molar-refractivity contribution in [2.75, 3.05) is 58.3 Å². The van der Waals surface area contributed by atoms with Crippen LogP contribution in [0.4, 0.5) is 5.82 Å². The van der Waals surface area contributed by atoms with Gasteiger partial charge in [0.1, 0.15) is 11.6 Å². The summed E-state index contributed by atoms with van der Waals surface area (Å²) < 4.78 is 6.03. The minimum absolute atomic E-state index is 0.00370. The van der Waals surface area contributed by atoms with E-state index in [0.29, 0.717) is 43.3 Å². The van der Waals surface area contributed by atoms with Gasteiger partial charge < -0.3 is 19.4 Å². The number of rotatable bonds is 8. The molecule has 2 aliphatic heterocycles. The van der Waals surface area contributed by atoms with Gasteiger partial charge in [-0.3, -0.25) is 9.89 Å². The fraction of sp³-hybridized carbons (Fsp3) is 0.444. The molecule has 3 aromatic rings. The standard InChI is InChI=1S/C27H32N8O2/c1-5-22(36)35-16-27(17-35)9-11-34(15-27)25-19(13-28)24(30-26(31-25)37-12-6-10-33(3)4)23-18(2)7-8-21-20(23)14-29-32-21/h5,7-8,14H,1,6,9-12,15-17H2,2-4H3,(H,29,32). The summed E-state index contributed by atoms with van der Waals surface area (Å²) in [6, 6.07) is 6.64. The summed E-state index contributed by atoms with van der Waals surface area (Å²) in [5, 5.41) is 18.5. The molecule has 2 fully saturated rings. The molecule has 4 heterocycles. The topological polar surface area (TPSA) is 114 Å². The van der Waals surface area contributed by atoms with E-state index in [2.05, 4.69) is 32.6 Å². The summed E-state index contributed by atoms with van der Waals surface area (Å²) in [5.41, 5.74) is 3.70. The molecule has 2 aliphatic rings. The Kier molecular flexibility index (Phi) is 6.56. The summed E-state index contributed by atoms with van der Waals surface area (Å²) >= 11 is 0. The van der Waals surface area contributed by atoms with Gasteiger partial charge in [0.05, 0.1) is 24.0 Å². The van der Waals surface area contributed by atoms with Gasteiger partial charge in [0.2, 0.25) is 5.91 Å². The molecule has 0 atom stereocenters. The first kappa shape index (κ1) is 24.7. The molecule has 0 radical (unpaired) electrons. The van der Waals surface area contributed by atoms with Gasteiger partial charge in [-0.15, -0.1) is 0 Å². The van der Waals surface area contributed by atoms with Crippen LogP contribution >= 0.6 is 0 Å². The number of amides is 1. The number of anilines is 1. The molecule has 10 heteroatoms. The van der Waals surface area contributed by atoms with E-state index >= 15 is 0 Å². The third kappa shape index (κ3) is 4.62. The maximum absolute atomic E-state index is 12.0. The summed E-state index contributed by atoms with van der Waals surface area (Å²) in [6.45, 7) is 9.81. The Morgan fingerprint density at radius 2 is 2.14 bits per heavy atom. The molecular formula is C27H32N8O2. The van der Waals surface area contributed by atoms with Crippen LogP contribution in [-0.4, -0.2) is 89.3 Å². The van der Waals surface area contributed by atoms with E-state index in [0.717, 1.165) is 48.0 Å². The van der Waals surface area contributed by atoms with Gasteiger partial charge in [-0.05, 0) is 51.6 Å². The van der Waals surface area contributed by atoms with Crippen molar-refractivity contribution in [2.45, 2.75) is 19.8 Å². The zero-order chi connectivity index (χ0) is 26.2. The lowest BCUT2D eigenvalue weighted by atomic mass is 9.79. The van der Waals surface area contributed by atoms with E-state index < -0.39 is 0 Å². The molecule has 192 valence electrons. The predicted molar refractivity (Wildman–Crippen MR) is 141 cm³/mol. The lowest BCUT2D eigenvalue weighted by Gasteiger charge is -2.47. The monoisotopic (exact) mass is 500 g/mol. The van der Waals surface area contributed by atoms with Gasteiger partial charge in [-0.2, -0.15) is 20.3 Å². The van der Waals surface area contributed by atoms with E-state index in [1.165, 1.54) is 6.08 Å². The van der Waals surface area contributed by atoms with Gasteiger partial charge in [0.25, 0.3) is 0 Å². The predicted octanol–water partition coefficient (Wildman–Crippen LogP) is 2.76. The van der Waals surface area contributed by atoms with Crippen LogP contribution < -0.4 is 9.64 Å². The number of fused-ring (bicyclic) bond motifs is 1. The molecule has 0 unspecified atom stereocenters. The third-order valence-corrected chi connectivity index (χ3v) is 7.31. The number of carbonyl (C=O) groups excluding carboxylic acids is 1. The summed E-state index contributed by atoms with van der Waals surface area (Å²) in [5.74, 6) is 0.545. The molecule has 1 aromatic carbocycles. The largest absolute Gasteiger partial charge is 0.463 e. The van der Waals surface area contributed by atoms with E-state index in [-0.39, 0.29) is 17.3 Å². The number of benzene rings is 1. The normalized spacial score (nSPS) is 16.3. The molecule has 5 rings (SSSR count). The van der Waals surface area contributed by atoms with E-state index in [9.17, 15) is 10.1 Å². The smallest absolute Gasteiger partial charge is 0.319 e. The molecule has 2 saturated heterocycles. The van der Waals surface area contributed by atoms with Crippen LogP contribution in [-0.2, 0) is 4.79 Å². The highest BCUT2D eigenvalue weighted by Crippen LogP contribution is 2.43. The molecule has 2 aromatic heterocycles.